The van der Waals surface area contributed by atoms with Gasteiger partial charge in [-0.3, -0.25) is 4.79 Å². The fraction of sp³-hybridized carbons (Fsp3) is 0.722. The molecule has 3 heterocycles. The quantitative estimate of drug-likeness (QED) is 0.715. The number of likely N-dealkylation sites (tertiary alicyclic amines) is 1. The highest BCUT2D eigenvalue weighted by Crippen LogP contribution is 2.20. The topological polar surface area (TPSA) is 52.6 Å². The van der Waals surface area contributed by atoms with Crippen molar-refractivity contribution in [3.05, 3.63) is 17.6 Å². The Hall–Kier alpha value is -1.34. The van der Waals surface area contributed by atoms with Gasteiger partial charge in [0.1, 0.15) is 12.1 Å². The van der Waals surface area contributed by atoms with Crippen molar-refractivity contribution < 1.29 is 4.79 Å². The molecule has 0 bridgehead atoms. The molecule has 0 N–H and O–H groups in total. The highest BCUT2D eigenvalue weighted by molar-refractivity contribution is 7.99. The van der Waals surface area contributed by atoms with Crippen LogP contribution in [0.5, 0.6) is 0 Å². The van der Waals surface area contributed by atoms with Crippen molar-refractivity contribution in [1.82, 2.24) is 19.8 Å². The molecule has 1 aromatic rings. The molecule has 7 heteroatoms. The Morgan fingerprint density at radius 3 is 2.52 bits per heavy atom. The van der Waals surface area contributed by atoms with E-state index in [2.05, 4.69) is 26.7 Å². The molecule has 0 aliphatic carbocycles. The zero-order valence-corrected chi connectivity index (χ0v) is 16.2. The molecule has 0 saturated carbocycles. The first-order chi connectivity index (χ1) is 12.1. The number of anilines is 1. The van der Waals surface area contributed by atoms with Gasteiger partial charge in [0.2, 0.25) is 5.91 Å². The van der Waals surface area contributed by atoms with E-state index in [9.17, 15) is 4.79 Å². The standard InChI is InChI=1S/C18H29N5OS/c1-15-16(2)19-14-20-18(15)23-9-7-22(8-10-23)17(24)13-25-12-11-21-5-3-4-6-21/h14H,3-13H2,1-2H3. The highest BCUT2D eigenvalue weighted by atomic mass is 32.2. The van der Waals surface area contributed by atoms with Crippen LogP contribution in [0.3, 0.4) is 0 Å². The van der Waals surface area contributed by atoms with E-state index in [1.54, 1.807) is 18.1 Å². The van der Waals surface area contributed by atoms with Gasteiger partial charge in [-0.1, -0.05) is 0 Å². The number of piperazine rings is 1. The molecule has 2 saturated heterocycles. The van der Waals surface area contributed by atoms with Crippen molar-refractivity contribution in [3.8, 4) is 0 Å². The highest BCUT2D eigenvalue weighted by Gasteiger charge is 2.23. The van der Waals surface area contributed by atoms with E-state index in [1.165, 1.54) is 25.9 Å². The summed E-state index contributed by atoms with van der Waals surface area (Å²) in [6.07, 6.45) is 4.30. The molecular formula is C18H29N5OS. The van der Waals surface area contributed by atoms with Gasteiger partial charge >= 0.3 is 0 Å². The average molecular weight is 364 g/mol. The lowest BCUT2D eigenvalue weighted by molar-refractivity contribution is -0.128. The van der Waals surface area contributed by atoms with E-state index >= 15 is 0 Å². The monoisotopic (exact) mass is 363 g/mol. The van der Waals surface area contributed by atoms with E-state index in [0.717, 1.165) is 55.6 Å². The zero-order chi connectivity index (χ0) is 17.6. The molecule has 2 aliphatic rings. The first kappa shape index (κ1) is 18.5. The van der Waals surface area contributed by atoms with E-state index in [0.29, 0.717) is 5.75 Å². The molecule has 1 aromatic heterocycles. The number of thioether (sulfide) groups is 1. The molecular weight excluding hydrogens is 334 g/mol. The molecule has 138 valence electrons. The lowest BCUT2D eigenvalue weighted by atomic mass is 10.2. The van der Waals surface area contributed by atoms with Crippen molar-refractivity contribution in [2.75, 3.05) is 62.2 Å². The number of hydrogen-bond donors (Lipinski definition) is 0. The third-order valence-corrected chi connectivity index (χ3v) is 6.14. The predicted molar refractivity (Wildman–Crippen MR) is 103 cm³/mol. The predicted octanol–water partition coefficient (Wildman–Crippen LogP) is 1.57. The minimum Gasteiger partial charge on any atom is -0.353 e. The second kappa shape index (κ2) is 8.85. The van der Waals surface area contributed by atoms with Crippen molar-refractivity contribution in [2.45, 2.75) is 26.7 Å². The van der Waals surface area contributed by atoms with E-state index in [1.807, 2.05) is 11.8 Å². The SMILES string of the molecule is Cc1ncnc(N2CCN(C(=O)CSCCN3CCCC3)CC2)c1C. The van der Waals surface area contributed by atoms with Gasteiger partial charge in [0.25, 0.3) is 0 Å². The molecule has 2 aliphatic heterocycles. The van der Waals surface area contributed by atoms with Crippen LogP contribution in [0, 0.1) is 13.8 Å². The third-order valence-electron chi connectivity index (χ3n) is 5.22. The van der Waals surface area contributed by atoms with Crippen LogP contribution < -0.4 is 4.90 Å². The van der Waals surface area contributed by atoms with Gasteiger partial charge in [0.05, 0.1) is 5.75 Å². The van der Waals surface area contributed by atoms with Crippen LogP contribution in [-0.4, -0.2) is 83.0 Å². The molecule has 0 radical (unpaired) electrons. The third kappa shape index (κ3) is 4.85. The largest absolute Gasteiger partial charge is 0.353 e. The van der Waals surface area contributed by atoms with Crippen LogP contribution in [0.25, 0.3) is 0 Å². The lowest BCUT2D eigenvalue weighted by Crippen LogP contribution is -2.49. The number of aromatic nitrogens is 2. The molecule has 6 nitrogen and oxygen atoms in total. The van der Waals surface area contributed by atoms with Gasteiger partial charge in [0, 0.05) is 49.7 Å². The zero-order valence-electron chi connectivity index (χ0n) is 15.4. The van der Waals surface area contributed by atoms with Gasteiger partial charge < -0.3 is 14.7 Å². The van der Waals surface area contributed by atoms with Crippen LogP contribution in [0.4, 0.5) is 5.82 Å². The fourth-order valence-corrected chi connectivity index (χ4v) is 4.35. The average Bonchev–Trinajstić information content (AvgIpc) is 3.14. The Labute approximate surface area is 155 Å². The lowest BCUT2D eigenvalue weighted by Gasteiger charge is -2.36. The molecule has 1 amide bonds. The van der Waals surface area contributed by atoms with Crippen LogP contribution >= 0.6 is 11.8 Å². The minimum absolute atomic E-state index is 0.279. The molecule has 2 fully saturated rings. The first-order valence-electron chi connectivity index (χ1n) is 9.26. The van der Waals surface area contributed by atoms with E-state index < -0.39 is 0 Å². The Morgan fingerprint density at radius 1 is 1.08 bits per heavy atom. The summed E-state index contributed by atoms with van der Waals surface area (Å²) in [6.45, 7) is 10.9. The van der Waals surface area contributed by atoms with Gasteiger partial charge in [-0.25, -0.2) is 9.97 Å². The van der Waals surface area contributed by atoms with Gasteiger partial charge in [-0.05, 0) is 39.8 Å². The normalized spacial score (nSPS) is 18.8. The molecule has 25 heavy (non-hydrogen) atoms. The number of rotatable bonds is 6. The summed E-state index contributed by atoms with van der Waals surface area (Å²) in [6, 6.07) is 0. The summed E-state index contributed by atoms with van der Waals surface area (Å²) in [5.41, 5.74) is 2.16. The Bertz CT molecular complexity index is 583. The molecule has 3 rings (SSSR count). The minimum atomic E-state index is 0.279. The molecule has 0 spiro atoms. The molecule has 0 atom stereocenters. The van der Waals surface area contributed by atoms with Gasteiger partial charge in [-0.2, -0.15) is 11.8 Å². The summed E-state index contributed by atoms with van der Waals surface area (Å²) < 4.78 is 0. The van der Waals surface area contributed by atoms with Crippen molar-refractivity contribution in [1.29, 1.82) is 0 Å². The molecule has 0 aromatic carbocycles. The maximum atomic E-state index is 12.4. The maximum absolute atomic E-state index is 12.4. The van der Waals surface area contributed by atoms with E-state index in [4.69, 9.17) is 0 Å². The number of aryl methyl sites for hydroxylation is 1. The maximum Gasteiger partial charge on any atom is 0.232 e. The van der Waals surface area contributed by atoms with Crippen LogP contribution in [-0.2, 0) is 4.79 Å². The number of carbonyl (C=O) groups excluding carboxylic acids is 1. The molecule has 0 unspecified atom stereocenters. The van der Waals surface area contributed by atoms with Crippen LogP contribution in [0.2, 0.25) is 0 Å². The summed E-state index contributed by atoms with van der Waals surface area (Å²) in [5.74, 6) is 2.96. The Morgan fingerprint density at radius 2 is 1.80 bits per heavy atom. The first-order valence-corrected chi connectivity index (χ1v) is 10.4. The van der Waals surface area contributed by atoms with Gasteiger partial charge in [-0.15, -0.1) is 0 Å². The summed E-state index contributed by atoms with van der Waals surface area (Å²) in [7, 11) is 0. The van der Waals surface area contributed by atoms with E-state index in [-0.39, 0.29) is 5.91 Å². The smallest absolute Gasteiger partial charge is 0.232 e. The van der Waals surface area contributed by atoms with Crippen molar-refractivity contribution in [2.24, 2.45) is 0 Å². The number of amides is 1. The Balaban J connectivity index is 1.39. The summed E-state index contributed by atoms with van der Waals surface area (Å²) >= 11 is 1.78. The Kier molecular flexibility index (Phi) is 6.53. The number of hydrogen-bond acceptors (Lipinski definition) is 6. The number of nitrogens with zero attached hydrogens (tertiary/aromatic N) is 5. The summed E-state index contributed by atoms with van der Waals surface area (Å²) in [4.78, 5) is 27.9. The van der Waals surface area contributed by atoms with Gasteiger partial charge in [0.15, 0.2) is 0 Å². The fourth-order valence-electron chi connectivity index (χ4n) is 3.46. The second-order valence-corrected chi connectivity index (χ2v) is 7.98. The number of carbonyl (C=O) groups is 1. The summed E-state index contributed by atoms with van der Waals surface area (Å²) in [5, 5.41) is 0. The van der Waals surface area contributed by atoms with Crippen molar-refractivity contribution in [3.63, 3.8) is 0 Å². The van der Waals surface area contributed by atoms with Crippen molar-refractivity contribution >= 4 is 23.5 Å². The van der Waals surface area contributed by atoms with Crippen LogP contribution in [0.1, 0.15) is 24.1 Å². The second-order valence-electron chi connectivity index (χ2n) is 6.88. The van der Waals surface area contributed by atoms with Crippen LogP contribution in [0.15, 0.2) is 6.33 Å².